The third-order valence-electron chi connectivity index (χ3n) is 5.05. The maximum absolute atomic E-state index is 13.1. The van der Waals surface area contributed by atoms with Crippen molar-refractivity contribution in [2.75, 3.05) is 27.9 Å². The first-order valence-corrected chi connectivity index (χ1v) is 10.7. The van der Waals surface area contributed by atoms with E-state index in [0.717, 1.165) is 30.5 Å². The minimum Gasteiger partial charge on any atom is -0.493 e. The SMILES string of the molecule is CCCCc1cc(C(=Cc2cc(OC)c(OC)c(OC)c2)C(=O)NCC)n2nccc2n1. The van der Waals surface area contributed by atoms with Crippen molar-refractivity contribution >= 4 is 23.2 Å². The van der Waals surface area contributed by atoms with Crippen molar-refractivity contribution in [1.82, 2.24) is 19.9 Å². The molecule has 1 aromatic carbocycles. The summed E-state index contributed by atoms with van der Waals surface area (Å²) < 4.78 is 18.1. The zero-order valence-corrected chi connectivity index (χ0v) is 19.3. The van der Waals surface area contributed by atoms with Crippen LogP contribution in [-0.4, -0.2) is 48.4 Å². The number of aryl methyl sites for hydroxylation is 1. The average Bonchev–Trinajstić information content (AvgIpc) is 3.28. The molecular formula is C24H30N4O4. The van der Waals surface area contributed by atoms with E-state index in [1.165, 1.54) is 0 Å². The normalized spacial score (nSPS) is 11.5. The molecule has 0 fully saturated rings. The van der Waals surface area contributed by atoms with E-state index in [0.29, 0.717) is 40.7 Å². The largest absolute Gasteiger partial charge is 0.493 e. The van der Waals surface area contributed by atoms with Crippen molar-refractivity contribution in [3.63, 3.8) is 0 Å². The Morgan fingerprint density at radius 3 is 2.41 bits per heavy atom. The van der Waals surface area contributed by atoms with Crippen molar-refractivity contribution in [3.05, 3.63) is 47.4 Å². The summed E-state index contributed by atoms with van der Waals surface area (Å²) in [6.45, 7) is 4.53. The summed E-state index contributed by atoms with van der Waals surface area (Å²) >= 11 is 0. The van der Waals surface area contributed by atoms with E-state index in [1.807, 2.05) is 19.1 Å². The molecule has 170 valence electrons. The van der Waals surface area contributed by atoms with E-state index in [1.54, 1.807) is 50.3 Å². The number of nitrogens with zero attached hydrogens (tertiary/aromatic N) is 3. The highest BCUT2D eigenvalue weighted by Crippen LogP contribution is 2.39. The van der Waals surface area contributed by atoms with Gasteiger partial charge in [-0.05, 0) is 49.6 Å². The van der Waals surface area contributed by atoms with Gasteiger partial charge < -0.3 is 19.5 Å². The van der Waals surface area contributed by atoms with E-state index in [2.05, 4.69) is 17.3 Å². The molecule has 3 rings (SSSR count). The van der Waals surface area contributed by atoms with Gasteiger partial charge in [0.05, 0.1) is 38.8 Å². The first-order chi connectivity index (χ1) is 15.6. The zero-order valence-electron chi connectivity index (χ0n) is 19.3. The minimum atomic E-state index is -0.203. The monoisotopic (exact) mass is 438 g/mol. The average molecular weight is 439 g/mol. The molecule has 1 amide bonds. The van der Waals surface area contributed by atoms with Crippen LogP contribution >= 0.6 is 0 Å². The number of fused-ring (bicyclic) bond motifs is 1. The summed E-state index contributed by atoms with van der Waals surface area (Å²) in [6, 6.07) is 7.39. The minimum absolute atomic E-state index is 0.203. The number of hydrogen-bond acceptors (Lipinski definition) is 6. The van der Waals surface area contributed by atoms with Gasteiger partial charge in [0.25, 0.3) is 5.91 Å². The van der Waals surface area contributed by atoms with E-state index in [4.69, 9.17) is 19.2 Å². The third-order valence-corrected chi connectivity index (χ3v) is 5.05. The Morgan fingerprint density at radius 2 is 1.81 bits per heavy atom. The number of nitrogens with one attached hydrogen (secondary N) is 1. The lowest BCUT2D eigenvalue weighted by atomic mass is 10.0. The van der Waals surface area contributed by atoms with Gasteiger partial charge >= 0.3 is 0 Å². The number of methoxy groups -OCH3 is 3. The predicted octanol–water partition coefficient (Wildman–Crippen LogP) is 3.77. The second-order valence-corrected chi connectivity index (χ2v) is 7.21. The van der Waals surface area contributed by atoms with Gasteiger partial charge in [0.1, 0.15) is 0 Å². The summed E-state index contributed by atoms with van der Waals surface area (Å²) in [5, 5.41) is 7.31. The molecule has 0 unspecified atom stereocenters. The number of carbonyl (C=O) groups is 1. The van der Waals surface area contributed by atoms with Crippen LogP contribution < -0.4 is 19.5 Å². The van der Waals surface area contributed by atoms with Gasteiger partial charge in [0.15, 0.2) is 17.1 Å². The Labute approximate surface area is 188 Å². The predicted molar refractivity (Wildman–Crippen MR) is 124 cm³/mol. The first kappa shape index (κ1) is 23.1. The Kier molecular flexibility index (Phi) is 7.70. The number of aromatic nitrogens is 3. The van der Waals surface area contributed by atoms with Gasteiger partial charge in [-0.15, -0.1) is 0 Å². The molecule has 0 atom stereocenters. The fraction of sp³-hybridized carbons (Fsp3) is 0.375. The van der Waals surface area contributed by atoms with Crippen LogP contribution in [0.4, 0.5) is 0 Å². The Balaban J connectivity index is 2.22. The second-order valence-electron chi connectivity index (χ2n) is 7.21. The molecule has 0 saturated carbocycles. The topological polar surface area (TPSA) is 87.0 Å². The lowest BCUT2D eigenvalue weighted by molar-refractivity contribution is -0.115. The third kappa shape index (κ3) is 4.85. The van der Waals surface area contributed by atoms with Crippen LogP contribution in [0.2, 0.25) is 0 Å². The summed E-state index contributed by atoms with van der Waals surface area (Å²) in [5.41, 5.74) is 3.50. The second kappa shape index (κ2) is 10.7. The fourth-order valence-corrected chi connectivity index (χ4v) is 3.51. The van der Waals surface area contributed by atoms with Crippen LogP contribution in [0.5, 0.6) is 17.2 Å². The van der Waals surface area contributed by atoms with Gasteiger partial charge in [-0.1, -0.05) is 13.3 Å². The highest BCUT2D eigenvalue weighted by atomic mass is 16.5. The molecule has 8 nitrogen and oxygen atoms in total. The van der Waals surface area contributed by atoms with Gasteiger partial charge in [-0.25, -0.2) is 9.50 Å². The quantitative estimate of drug-likeness (QED) is 0.485. The van der Waals surface area contributed by atoms with Crippen LogP contribution in [0.25, 0.3) is 17.3 Å². The van der Waals surface area contributed by atoms with Crippen LogP contribution in [0.1, 0.15) is 43.6 Å². The van der Waals surface area contributed by atoms with Crippen molar-refractivity contribution in [2.45, 2.75) is 33.1 Å². The molecule has 0 aliphatic heterocycles. The van der Waals surface area contributed by atoms with E-state index in [-0.39, 0.29) is 5.91 Å². The molecule has 0 aliphatic carbocycles. The number of ether oxygens (including phenoxy) is 3. The number of unbranched alkanes of at least 4 members (excludes halogenated alkanes) is 1. The molecule has 2 aromatic heterocycles. The number of amides is 1. The molecule has 0 saturated heterocycles. The van der Waals surface area contributed by atoms with E-state index in [9.17, 15) is 4.79 Å². The molecule has 3 aromatic rings. The van der Waals surface area contributed by atoms with Gasteiger partial charge in [0, 0.05) is 18.3 Å². The van der Waals surface area contributed by atoms with Crippen LogP contribution in [0.15, 0.2) is 30.5 Å². The summed E-state index contributed by atoms with van der Waals surface area (Å²) in [5.74, 6) is 1.31. The Bertz CT molecular complexity index is 1100. The van der Waals surface area contributed by atoms with Crippen LogP contribution in [0.3, 0.4) is 0 Å². The molecule has 0 radical (unpaired) electrons. The van der Waals surface area contributed by atoms with Gasteiger partial charge in [-0.2, -0.15) is 5.10 Å². The van der Waals surface area contributed by atoms with Crippen molar-refractivity contribution in [1.29, 1.82) is 0 Å². The molecule has 0 spiro atoms. The Morgan fingerprint density at radius 1 is 1.09 bits per heavy atom. The lowest BCUT2D eigenvalue weighted by Crippen LogP contribution is -2.25. The fourth-order valence-electron chi connectivity index (χ4n) is 3.51. The van der Waals surface area contributed by atoms with Crippen LogP contribution in [0, 0.1) is 0 Å². The molecular weight excluding hydrogens is 408 g/mol. The summed E-state index contributed by atoms with van der Waals surface area (Å²) in [7, 11) is 4.68. The molecule has 8 heteroatoms. The number of rotatable bonds is 10. The molecule has 1 N–H and O–H groups in total. The molecule has 0 bridgehead atoms. The summed E-state index contributed by atoms with van der Waals surface area (Å²) in [6.07, 6.45) is 6.40. The number of likely N-dealkylation sites (N-methyl/N-ethyl adjacent to an activating group) is 1. The standard InChI is InChI=1S/C24H30N4O4/c1-6-8-9-17-15-19(28-22(27-17)10-11-26-28)18(24(29)25-7-2)12-16-13-20(30-3)23(32-5)21(14-16)31-4/h10-15H,6-9H2,1-5H3,(H,25,29). The highest BCUT2D eigenvalue weighted by Gasteiger charge is 2.19. The van der Waals surface area contributed by atoms with Crippen molar-refractivity contribution in [2.24, 2.45) is 0 Å². The summed E-state index contributed by atoms with van der Waals surface area (Å²) in [4.78, 5) is 17.8. The lowest BCUT2D eigenvalue weighted by Gasteiger charge is -2.15. The zero-order chi connectivity index (χ0) is 23.1. The van der Waals surface area contributed by atoms with E-state index >= 15 is 0 Å². The van der Waals surface area contributed by atoms with Gasteiger partial charge in [-0.3, -0.25) is 4.79 Å². The Hall–Kier alpha value is -3.55. The van der Waals surface area contributed by atoms with E-state index < -0.39 is 0 Å². The van der Waals surface area contributed by atoms with Crippen molar-refractivity contribution < 1.29 is 19.0 Å². The number of hydrogen-bond donors (Lipinski definition) is 1. The highest BCUT2D eigenvalue weighted by molar-refractivity contribution is 6.23. The van der Waals surface area contributed by atoms with Gasteiger partial charge in [0.2, 0.25) is 5.75 Å². The number of carbonyl (C=O) groups excluding carboxylic acids is 1. The molecule has 0 aliphatic rings. The molecule has 2 heterocycles. The first-order valence-electron chi connectivity index (χ1n) is 10.7. The maximum Gasteiger partial charge on any atom is 0.253 e. The van der Waals surface area contributed by atoms with Crippen LogP contribution in [-0.2, 0) is 11.2 Å². The molecule has 32 heavy (non-hydrogen) atoms. The smallest absolute Gasteiger partial charge is 0.253 e. The maximum atomic E-state index is 13.1. The number of benzene rings is 1. The van der Waals surface area contributed by atoms with Crippen molar-refractivity contribution in [3.8, 4) is 17.2 Å².